The van der Waals surface area contributed by atoms with Crippen molar-refractivity contribution in [3.63, 3.8) is 0 Å². The van der Waals surface area contributed by atoms with Gasteiger partial charge in [-0.1, -0.05) is 23.4 Å². The van der Waals surface area contributed by atoms with Gasteiger partial charge in [0.2, 0.25) is 0 Å². The molecule has 0 atom stereocenters. The van der Waals surface area contributed by atoms with Crippen LogP contribution in [0.25, 0.3) is 0 Å². The minimum absolute atomic E-state index is 0.0165. The van der Waals surface area contributed by atoms with E-state index in [-0.39, 0.29) is 18.3 Å². The first-order chi connectivity index (χ1) is 9.70. The van der Waals surface area contributed by atoms with Crippen LogP contribution in [0.4, 0.5) is 5.69 Å². The lowest BCUT2D eigenvalue weighted by molar-refractivity contribution is 0.0996. The van der Waals surface area contributed by atoms with Crippen LogP contribution in [0.5, 0.6) is 0 Å². The van der Waals surface area contributed by atoms with Crippen LogP contribution in [0.2, 0.25) is 5.02 Å². The predicted octanol–water partition coefficient (Wildman–Crippen LogP) is 2.92. The molecule has 20 heavy (non-hydrogen) atoms. The first-order valence-corrected chi connectivity index (χ1v) is 6.32. The Hall–Kier alpha value is -2.22. The number of carbonyl (C=O) groups is 1. The van der Waals surface area contributed by atoms with Gasteiger partial charge < -0.3 is 14.8 Å². The summed E-state index contributed by atoms with van der Waals surface area (Å²) in [5.74, 6) is 5.51. The molecular weight excluding hydrogens is 278 g/mol. The highest BCUT2D eigenvalue weighted by molar-refractivity contribution is 6.33. The Kier molecular flexibility index (Phi) is 4.83. The van der Waals surface area contributed by atoms with Gasteiger partial charge >= 0.3 is 0 Å². The monoisotopic (exact) mass is 289 g/mol. The maximum Gasteiger partial charge on any atom is 0.291 e. The van der Waals surface area contributed by atoms with Gasteiger partial charge in [-0.2, -0.15) is 0 Å². The molecule has 1 aromatic carbocycles. The summed E-state index contributed by atoms with van der Waals surface area (Å²) < 4.78 is 5.01. The van der Waals surface area contributed by atoms with Crippen molar-refractivity contribution in [1.82, 2.24) is 0 Å². The normalized spacial score (nSPS) is 9.70. The fourth-order valence-corrected chi connectivity index (χ4v) is 1.68. The van der Waals surface area contributed by atoms with Gasteiger partial charge in [-0.15, -0.1) is 0 Å². The van der Waals surface area contributed by atoms with Gasteiger partial charge in [0, 0.05) is 12.0 Å². The van der Waals surface area contributed by atoms with Gasteiger partial charge in [-0.3, -0.25) is 4.79 Å². The van der Waals surface area contributed by atoms with Crippen molar-refractivity contribution in [3.05, 3.63) is 52.9 Å². The third-order valence-electron chi connectivity index (χ3n) is 2.43. The molecule has 0 radical (unpaired) electrons. The van der Waals surface area contributed by atoms with E-state index in [1.165, 1.54) is 6.26 Å². The molecule has 0 bridgehead atoms. The van der Waals surface area contributed by atoms with Crippen molar-refractivity contribution in [1.29, 1.82) is 0 Å². The Morgan fingerprint density at radius 1 is 1.40 bits per heavy atom. The van der Waals surface area contributed by atoms with E-state index in [4.69, 9.17) is 21.1 Å². The van der Waals surface area contributed by atoms with E-state index < -0.39 is 0 Å². The molecule has 4 nitrogen and oxygen atoms in total. The fraction of sp³-hybridized carbons (Fsp3) is 0.133. The van der Waals surface area contributed by atoms with Gasteiger partial charge in [-0.25, -0.2) is 0 Å². The Bertz CT molecular complexity index is 653. The highest BCUT2D eigenvalue weighted by Gasteiger charge is 2.10. The summed E-state index contributed by atoms with van der Waals surface area (Å²) in [6, 6.07) is 8.27. The molecular formula is C15H12ClNO3. The summed E-state index contributed by atoms with van der Waals surface area (Å²) in [7, 11) is 0. The molecule has 0 unspecified atom stereocenters. The van der Waals surface area contributed by atoms with Crippen LogP contribution in [-0.4, -0.2) is 17.6 Å². The second-order valence-corrected chi connectivity index (χ2v) is 4.31. The van der Waals surface area contributed by atoms with Gasteiger partial charge in [0.05, 0.1) is 23.6 Å². The van der Waals surface area contributed by atoms with Crippen molar-refractivity contribution < 1.29 is 14.3 Å². The lowest BCUT2D eigenvalue weighted by atomic mass is 10.2. The maximum absolute atomic E-state index is 11.9. The van der Waals surface area contributed by atoms with E-state index >= 15 is 0 Å². The molecule has 2 N–H and O–H groups in total. The standard InChI is InChI=1S/C15H12ClNO3/c16-12-7-6-11(4-1-2-8-18)10-13(12)17-15(19)14-5-3-9-20-14/h3,5-7,9-10,18H,2,8H2,(H,17,19). The SMILES string of the molecule is O=C(Nc1cc(C#CCCO)ccc1Cl)c1ccco1. The third-order valence-corrected chi connectivity index (χ3v) is 2.76. The molecule has 0 aliphatic carbocycles. The summed E-state index contributed by atoms with van der Waals surface area (Å²) in [5, 5.41) is 11.8. The first-order valence-electron chi connectivity index (χ1n) is 5.95. The lowest BCUT2D eigenvalue weighted by Gasteiger charge is -2.06. The number of hydrogen-bond donors (Lipinski definition) is 2. The van der Waals surface area contributed by atoms with Crippen molar-refractivity contribution in [2.75, 3.05) is 11.9 Å². The van der Waals surface area contributed by atoms with Crippen LogP contribution in [0.15, 0.2) is 41.0 Å². The number of aliphatic hydroxyl groups excluding tert-OH is 1. The Balaban J connectivity index is 2.17. The first kappa shape index (κ1) is 14.2. The van der Waals surface area contributed by atoms with Crippen LogP contribution < -0.4 is 5.32 Å². The van der Waals surface area contributed by atoms with E-state index in [0.717, 1.165) is 0 Å². The van der Waals surface area contributed by atoms with E-state index in [9.17, 15) is 4.79 Å². The number of anilines is 1. The average molecular weight is 290 g/mol. The topological polar surface area (TPSA) is 62.5 Å². The molecule has 1 aromatic heterocycles. The number of rotatable bonds is 3. The number of hydrogen-bond acceptors (Lipinski definition) is 3. The van der Waals surface area contributed by atoms with Crippen molar-refractivity contribution in [3.8, 4) is 11.8 Å². The minimum Gasteiger partial charge on any atom is -0.459 e. The minimum atomic E-state index is -0.377. The predicted molar refractivity (Wildman–Crippen MR) is 76.7 cm³/mol. The zero-order chi connectivity index (χ0) is 14.4. The second kappa shape index (κ2) is 6.80. The molecule has 0 aliphatic rings. The van der Waals surface area contributed by atoms with E-state index in [1.54, 1.807) is 30.3 Å². The highest BCUT2D eigenvalue weighted by atomic mass is 35.5. The van der Waals surface area contributed by atoms with Crippen LogP contribution in [0.3, 0.4) is 0 Å². The number of amides is 1. The molecule has 5 heteroatoms. The third kappa shape index (κ3) is 3.64. The Morgan fingerprint density at radius 3 is 2.95 bits per heavy atom. The largest absolute Gasteiger partial charge is 0.459 e. The fourth-order valence-electron chi connectivity index (χ4n) is 1.51. The molecule has 0 saturated carbocycles. The van der Waals surface area contributed by atoms with Crippen LogP contribution in [-0.2, 0) is 0 Å². The summed E-state index contributed by atoms with van der Waals surface area (Å²) in [6.45, 7) is 0.0165. The summed E-state index contributed by atoms with van der Waals surface area (Å²) >= 11 is 6.03. The van der Waals surface area contributed by atoms with E-state index in [0.29, 0.717) is 22.7 Å². The molecule has 0 spiro atoms. The number of furan rings is 1. The molecule has 2 rings (SSSR count). The highest BCUT2D eigenvalue weighted by Crippen LogP contribution is 2.23. The molecule has 1 amide bonds. The average Bonchev–Trinajstić information content (AvgIpc) is 2.97. The number of halogens is 1. The quantitative estimate of drug-likeness (QED) is 0.854. The van der Waals surface area contributed by atoms with Crippen molar-refractivity contribution in [2.45, 2.75) is 6.42 Å². The molecule has 2 aromatic rings. The van der Waals surface area contributed by atoms with E-state index in [1.807, 2.05) is 0 Å². The zero-order valence-electron chi connectivity index (χ0n) is 10.5. The molecule has 1 heterocycles. The zero-order valence-corrected chi connectivity index (χ0v) is 11.3. The molecule has 0 saturated heterocycles. The Labute approximate surface area is 121 Å². The smallest absolute Gasteiger partial charge is 0.291 e. The lowest BCUT2D eigenvalue weighted by Crippen LogP contribution is -2.11. The number of nitrogens with one attached hydrogen (secondary N) is 1. The summed E-state index contributed by atoms with van der Waals surface area (Å²) in [6.07, 6.45) is 1.82. The van der Waals surface area contributed by atoms with Crippen LogP contribution in [0.1, 0.15) is 22.5 Å². The summed E-state index contributed by atoms with van der Waals surface area (Å²) in [5.41, 5.74) is 1.17. The molecule has 0 fully saturated rings. The maximum atomic E-state index is 11.9. The Morgan fingerprint density at radius 2 is 2.25 bits per heavy atom. The molecule has 0 aliphatic heterocycles. The van der Waals surface area contributed by atoms with E-state index in [2.05, 4.69) is 17.2 Å². The number of benzene rings is 1. The van der Waals surface area contributed by atoms with Crippen LogP contribution in [0, 0.1) is 11.8 Å². The van der Waals surface area contributed by atoms with Gasteiger partial charge in [-0.05, 0) is 30.3 Å². The number of carbonyl (C=O) groups excluding carboxylic acids is 1. The van der Waals surface area contributed by atoms with Gasteiger partial charge in [0.25, 0.3) is 5.91 Å². The van der Waals surface area contributed by atoms with Gasteiger partial charge in [0.15, 0.2) is 5.76 Å². The van der Waals surface area contributed by atoms with Crippen molar-refractivity contribution >= 4 is 23.2 Å². The van der Waals surface area contributed by atoms with Crippen LogP contribution >= 0.6 is 11.6 Å². The van der Waals surface area contributed by atoms with Gasteiger partial charge in [0.1, 0.15) is 0 Å². The number of aliphatic hydroxyl groups is 1. The molecule has 102 valence electrons. The van der Waals surface area contributed by atoms with Crippen molar-refractivity contribution in [2.24, 2.45) is 0 Å². The second-order valence-electron chi connectivity index (χ2n) is 3.90. The summed E-state index contributed by atoms with van der Waals surface area (Å²) in [4.78, 5) is 11.9.